The summed E-state index contributed by atoms with van der Waals surface area (Å²) in [7, 11) is 1.61. The minimum absolute atomic E-state index is 0.456. The van der Waals surface area contributed by atoms with E-state index in [1.165, 1.54) is 0 Å². The molecule has 0 fully saturated rings. The third kappa shape index (κ3) is 3.55. The quantitative estimate of drug-likeness (QED) is 0.271. The number of anilines is 1. The van der Waals surface area contributed by atoms with Crippen molar-refractivity contribution < 1.29 is 4.74 Å². The molecule has 0 aliphatic rings. The van der Waals surface area contributed by atoms with Gasteiger partial charge in [-0.05, 0) is 30.2 Å². The molecule has 1 aromatic rings. The highest BCUT2D eigenvalue weighted by Gasteiger charge is 1.98. The average Bonchev–Trinajstić information content (AvgIpc) is 2.29. The van der Waals surface area contributed by atoms with Crippen molar-refractivity contribution in [2.75, 3.05) is 19.4 Å². The van der Waals surface area contributed by atoms with Gasteiger partial charge in [0.15, 0.2) is 0 Å². The van der Waals surface area contributed by atoms with Crippen molar-refractivity contribution in [2.45, 2.75) is 6.42 Å². The molecule has 0 bridgehead atoms. The van der Waals surface area contributed by atoms with Gasteiger partial charge >= 0.3 is 0 Å². The van der Waals surface area contributed by atoms with Crippen LogP contribution in [0.4, 0.5) is 5.69 Å². The van der Waals surface area contributed by atoms with Gasteiger partial charge in [-0.1, -0.05) is 17.3 Å². The molecule has 84 valence electrons. The Hall–Kier alpha value is -2.13. The minimum atomic E-state index is 0.456. The van der Waals surface area contributed by atoms with Crippen molar-refractivity contribution in [3.63, 3.8) is 0 Å². The van der Waals surface area contributed by atoms with Crippen LogP contribution in [0.2, 0.25) is 0 Å². The number of benzene rings is 1. The largest absolute Gasteiger partial charge is 0.496 e. The molecular weight excluding hydrogens is 204 g/mol. The van der Waals surface area contributed by atoms with Crippen LogP contribution in [0.1, 0.15) is 12.0 Å². The van der Waals surface area contributed by atoms with Crippen LogP contribution in [0.25, 0.3) is 16.5 Å². The lowest BCUT2D eigenvalue weighted by atomic mass is 10.1. The Morgan fingerprint density at radius 3 is 3.06 bits per heavy atom. The number of ether oxygens (including phenoxy) is 1. The second-order valence-electron chi connectivity index (χ2n) is 3.15. The van der Waals surface area contributed by atoms with E-state index in [9.17, 15) is 0 Å². The molecule has 0 saturated carbocycles. The average molecular weight is 218 g/mol. The molecule has 1 aromatic carbocycles. The number of nitrogens with two attached hydrogens (primary N) is 1. The number of nitrogens with zero attached hydrogens (tertiary/aromatic N) is 3. The summed E-state index contributed by atoms with van der Waals surface area (Å²) < 4.78 is 5.19. The molecule has 1 rings (SSSR count). The second-order valence-corrected chi connectivity index (χ2v) is 3.15. The van der Waals surface area contributed by atoms with Gasteiger partial charge in [-0.3, -0.25) is 0 Å². The van der Waals surface area contributed by atoms with E-state index in [0.29, 0.717) is 18.7 Å². The lowest BCUT2D eigenvalue weighted by Crippen LogP contribution is -1.90. The van der Waals surface area contributed by atoms with Gasteiger partial charge < -0.3 is 10.5 Å². The third-order valence-corrected chi connectivity index (χ3v) is 2.01. The van der Waals surface area contributed by atoms with Gasteiger partial charge in [-0.2, -0.15) is 0 Å². The molecule has 0 aromatic heterocycles. The number of nitrogen functional groups attached to an aromatic ring is 1. The van der Waals surface area contributed by atoms with Gasteiger partial charge in [0.25, 0.3) is 0 Å². The lowest BCUT2D eigenvalue weighted by molar-refractivity contribution is 0.414. The molecule has 0 spiro atoms. The summed E-state index contributed by atoms with van der Waals surface area (Å²) in [6, 6.07) is 5.45. The second kappa shape index (κ2) is 6.37. The summed E-state index contributed by atoms with van der Waals surface area (Å²) in [6.45, 7) is 0.456. The predicted molar refractivity (Wildman–Crippen MR) is 65.1 cm³/mol. The summed E-state index contributed by atoms with van der Waals surface area (Å²) >= 11 is 0. The van der Waals surface area contributed by atoms with E-state index >= 15 is 0 Å². The van der Waals surface area contributed by atoms with Gasteiger partial charge in [0.05, 0.1) is 7.11 Å². The monoisotopic (exact) mass is 218 g/mol. The van der Waals surface area contributed by atoms with Crippen molar-refractivity contribution in [1.29, 1.82) is 0 Å². The molecule has 0 unspecified atom stereocenters. The molecule has 0 saturated heterocycles. The molecule has 0 heterocycles. The summed E-state index contributed by atoms with van der Waals surface area (Å²) in [6.07, 6.45) is 4.52. The van der Waals surface area contributed by atoms with Crippen LogP contribution < -0.4 is 10.5 Å². The van der Waals surface area contributed by atoms with E-state index in [0.717, 1.165) is 11.3 Å². The van der Waals surface area contributed by atoms with Crippen LogP contribution in [0.3, 0.4) is 0 Å². The lowest BCUT2D eigenvalue weighted by Gasteiger charge is -2.05. The van der Waals surface area contributed by atoms with Gasteiger partial charge in [-0.15, -0.1) is 0 Å². The zero-order chi connectivity index (χ0) is 11.8. The van der Waals surface area contributed by atoms with E-state index in [4.69, 9.17) is 16.0 Å². The predicted octanol–water partition coefficient (Wildman–Crippen LogP) is 2.99. The Morgan fingerprint density at radius 2 is 2.38 bits per heavy atom. The molecule has 0 aliphatic carbocycles. The first-order valence-electron chi connectivity index (χ1n) is 4.89. The van der Waals surface area contributed by atoms with Crippen molar-refractivity contribution in [2.24, 2.45) is 5.11 Å². The van der Waals surface area contributed by atoms with Gasteiger partial charge in [0.1, 0.15) is 5.75 Å². The highest BCUT2D eigenvalue weighted by molar-refractivity contribution is 5.62. The van der Waals surface area contributed by atoms with Gasteiger partial charge in [0, 0.05) is 22.7 Å². The highest BCUT2D eigenvalue weighted by atomic mass is 16.5. The smallest absolute Gasteiger partial charge is 0.126 e. The third-order valence-electron chi connectivity index (χ3n) is 2.01. The zero-order valence-electron chi connectivity index (χ0n) is 9.13. The molecular formula is C11H14N4O. The molecule has 0 atom stereocenters. The van der Waals surface area contributed by atoms with Crippen LogP contribution in [-0.2, 0) is 0 Å². The fourth-order valence-corrected chi connectivity index (χ4v) is 1.27. The summed E-state index contributed by atoms with van der Waals surface area (Å²) in [5.41, 5.74) is 15.4. The van der Waals surface area contributed by atoms with E-state index < -0.39 is 0 Å². The molecule has 16 heavy (non-hydrogen) atoms. The maximum Gasteiger partial charge on any atom is 0.126 e. The first-order valence-corrected chi connectivity index (χ1v) is 4.89. The Kier molecular flexibility index (Phi) is 4.76. The number of rotatable bonds is 5. The SMILES string of the molecule is COc1ccc(N)cc1C=CCCN=[N+]=[N-]. The topological polar surface area (TPSA) is 84.0 Å². The Balaban J connectivity index is 2.71. The molecule has 2 N–H and O–H groups in total. The summed E-state index contributed by atoms with van der Waals surface area (Å²) in [5.74, 6) is 0.772. The first-order chi connectivity index (χ1) is 7.77. The minimum Gasteiger partial charge on any atom is -0.496 e. The Labute approximate surface area is 94.2 Å². The van der Waals surface area contributed by atoms with Gasteiger partial charge in [-0.25, -0.2) is 0 Å². The molecule has 0 aliphatic heterocycles. The van der Waals surface area contributed by atoms with E-state index in [1.807, 2.05) is 24.3 Å². The number of methoxy groups -OCH3 is 1. The van der Waals surface area contributed by atoms with Crippen molar-refractivity contribution in [3.8, 4) is 5.75 Å². The van der Waals surface area contributed by atoms with Crippen LogP contribution >= 0.6 is 0 Å². The normalized spacial score (nSPS) is 10.1. The first kappa shape index (κ1) is 11.9. The molecule has 0 amide bonds. The van der Waals surface area contributed by atoms with Crippen LogP contribution in [0.5, 0.6) is 5.75 Å². The zero-order valence-corrected chi connectivity index (χ0v) is 9.13. The number of hydrogen-bond acceptors (Lipinski definition) is 3. The van der Waals surface area contributed by atoms with Crippen molar-refractivity contribution in [1.82, 2.24) is 0 Å². The van der Waals surface area contributed by atoms with E-state index in [2.05, 4.69) is 10.0 Å². The maximum absolute atomic E-state index is 8.10. The summed E-state index contributed by atoms with van der Waals surface area (Å²) in [4.78, 5) is 2.67. The highest BCUT2D eigenvalue weighted by Crippen LogP contribution is 2.22. The number of hydrogen-bond donors (Lipinski definition) is 1. The van der Waals surface area contributed by atoms with Crippen LogP contribution in [-0.4, -0.2) is 13.7 Å². The molecule has 0 radical (unpaired) electrons. The molecule has 5 nitrogen and oxygen atoms in total. The Bertz CT molecular complexity index is 422. The van der Waals surface area contributed by atoms with Gasteiger partial charge in [0.2, 0.25) is 0 Å². The molecule has 5 heteroatoms. The van der Waals surface area contributed by atoms with E-state index in [1.54, 1.807) is 13.2 Å². The Morgan fingerprint density at radius 1 is 1.56 bits per heavy atom. The fraction of sp³-hybridized carbons (Fsp3) is 0.273. The van der Waals surface area contributed by atoms with Crippen LogP contribution in [0.15, 0.2) is 29.4 Å². The van der Waals surface area contributed by atoms with Crippen LogP contribution in [0, 0.1) is 0 Å². The standard InChI is InChI=1S/C11H14N4O/c1-16-11-6-5-10(12)8-9(11)4-2-3-7-14-15-13/h2,4-6,8H,3,7,12H2,1H3. The maximum atomic E-state index is 8.10. The van der Waals surface area contributed by atoms with E-state index in [-0.39, 0.29) is 0 Å². The fourth-order valence-electron chi connectivity index (χ4n) is 1.27. The summed E-state index contributed by atoms with van der Waals surface area (Å²) in [5, 5.41) is 3.44. The van der Waals surface area contributed by atoms with Crippen molar-refractivity contribution >= 4 is 11.8 Å². The van der Waals surface area contributed by atoms with Crippen molar-refractivity contribution in [3.05, 3.63) is 40.3 Å². The number of azide groups is 1.